The van der Waals surface area contributed by atoms with E-state index in [2.05, 4.69) is 10.5 Å². The first kappa shape index (κ1) is 20.0. The Morgan fingerprint density at radius 1 is 1.07 bits per heavy atom. The Balaban J connectivity index is 1.55. The van der Waals surface area contributed by atoms with E-state index in [0.717, 1.165) is 30.7 Å². The molecule has 1 saturated heterocycles. The summed E-state index contributed by atoms with van der Waals surface area (Å²) in [5.74, 6) is 0.600. The van der Waals surface area contributed by atoms with E-state index in [9.17, 15) is 8.42 Å². The van der Waals surface area contributed by atoms with Crippen molar-refractivity contribution in [3.63, 3.8) is 0 Å². The van der Waals surface area contributed by atoms with Gasteiger partial charge in [-0.25, -0.2) is 13.4 Å². The molecule has 1 saturated carbocycles. The number of aryl methyl sites for hydroxylation is 1. The highest BCUT2D eigenvalue weighted by atomic mass is 32.2. The van der Waals surface area contributed by atoms with E-state index in [-0.39, 0.29) is 0 Å². The molecule has 1 aliphatic heterocycles. The molecule has 154 valence electrons. The number of thiazole rings is 1. The highest BCUT2D eigenvalue weighted by molar-refractivity contribution is 7.89. The molecule has 2 fully saturated rings. The molecule has 3 heterocycles. The van der Waals surface area contributed by atoms with Crippen LogP contribution in [0.3, 0.4) is 0 Å². The monoisotopic (exact) mass is 422 g/mol. The molecule has 0 aromatic carbocycles. The van der Waals surface area contributed by atoms with Crippen molar-refractivity contribution >= 4 is 21.4 Å². The molecule has 2 aromatic heterocycles. The van der Waals surface area contributed by atoms with Gasteiger partial charge in [0, 0.05) is 24.4 Å². The van der Waals surface area contributed by atoms with Crippen LogP contribution in [0.15, 0.2) is 10.3 Å². The largest absolute Gasteiger partial charge is 0.262 e. The standard InChI is InChI=1S/C20H30N4O2S2/c1-15-19(28(25,26)23-11-7-4-8-12-23)16(2)24(22-15)13-18-14-27-20(21-18)17-9-5-3-6-10-17/h14,17H,3-13H2,1-2H3. The molecule has 0 N–H and O–H groups in total. The Morgan fingerprint density at radius 2 is 1.75 bits per heavy atom. The average Bonchev–Trinajstić information content (AvgIpc) is 3.28. The third-order valence-electron chi connectivity index (χ3n) is 6.06. The van der Waals surface area contributed by atoms with Crippen molar-refractivity contribution in [2.24, 2.45) is 0 Å². The Bertz CT molecular complexity index is 920. The molecule has 0 unspecified atom stereocenters. The van der Waals surface area contributed by atoms with Crippen molar-refractivity contribution in [1.29, 1.82) is 0 Å². The van der Waals surface area contributed by atoms with Crippen molar-refractivity contribution in [2.45, 2.75) is 82.6 Å². The fourth-order valence-electron chi connectivity index (χ4n) is 4.53. The summed E-state index contributed by atoms with van der Waals surface area (Å²) in [5.41, 5.74) is 2.29. The van der Waals surface area contributed by atoms with Gasteiger partial charge in [0.15, 0.2) is 0 Å². The van der Waals surface area contributed by atoms with E-state index in [1.54, 1.807) is 22.6 Å². The van der Waals surface area contributed by atoms with Gasteiger partial charge < -0.3 is 0 Å². The summed E-state index contributed by atoms with van der Waals surface area (Å²) in [4.78, 5) is 5.25. The number of sulfonamides is 1. The van der Waals surface area contributed by atoms with E-state index >= 15 is 0 Å². The van der Waals surface area contributed by atoms with Crippen molar-refractivity contribution in [2.75, 3.05) is 13.1 Å². The van der Waals surface area contributed by atoms with Crippen molar-refractivity contribution in [3.05, 3.63) is 27.5 Å². The smallest absolute Gasteiger partial charge is 0.246 e. The molecular formula is C20H30N4O2S2. The lowest BCUT2D eigenvalue weighted by Crippen LogP contribution is -2.36. The number of piperidine rings is 1. The van der Waals surface area contributed by atoms with Crippen LogP contribution in [0.25, 0.3) is 0 Å². The van der Waals surface area contributed by atoms with Gasteiger partial charge in [-0.1, -0.05) is 25.7 Å². The van der Waals surface area contributed by atoms with Gasteiger partial charge in [0.25, 0.3) is 0 Å². The molecular weight excluding hydrogens is 392 g/mol. The second-order valence-electron chi connectivity index (χ2n) is 8.13. The van der Waals surface area contributed by atoms with Crippen LogP contribution in [-0.4, -0.2) is 40.6 Å². The second-order valence-corrected chi connectivity index (χ2v) is 10.9. The first-order chi connectivity index (χ1) is 13.5. The zero-order valence-electron chi connectivity index (χ0n) is 16.9. The zero-order valence-corrected chi connectivity index (χ0v) is 18.5. The molecule has 0 radical (unpaired) electrons. The normalized spacial score (nSPS) is 19.9. The molecule has 1 aliphatic carbocycles. The molecule has 0 bridgehead atoms. The molecule has 8 heteroatoms. The molecule has 4 rings (SSSR count). The molecule has 6 nitrogen and oxygen atoms in total. The Kier molecular flexibility index (Phi) is 5.90. The number of rotatable bonds is 5. The maximum absolute atomic E-state index is 13.2. The molecule has 2 aliphatic rings. The highest BCUT2D eigenvalue weighted by Crippen LogP contribution is 2.34. The maximum atomic E-state index is 13.2. The summed E-state index contributed by atoms with van der Waals surface area (Å²) in [5, 5.41) is 7.91. The zero-order chi connectivity index (χ0) is 19.7. The van der Waals surface area contributed by atoms with Gasteiger partial charge in [0.05, 0.1) is 28.6 Å². The van der Waals surface area contributed by atoms with Crippen LogP contribution in [-0.2, 0) is 16.6 Å². The van der Waals surface area contributed by atoms with Crippen molar-refractivity contribution < 1.29 is 8.42 Å². The van der Waals surface area contributed by atoms with Crippen LogP contribution >= 0.6 is 11.3 Å². The van der Waals surface area contributed by atoms with Crippen LogP contribution in [0, 0.1) is 13.8 Å². The lowest BCUT2D eigenvalue weighted by Gasteiger charge is -2.25. The minimum Gasteiger partial charge on any atom is -0.262 e. The third kappa shape index (κ3) is 3.91. The lowest BCUT2D eigenvalue weighted by molar-refractivity contribution is 0.346. The van der Waals surface area contributed by atoms with Gasteiger partial charge in [0.2, 0.25) is 10.0 Å². The molecule has 0 atom stereocenters. The predicted octanol–water partition coefficient (Wildman–Crippen LogP) is 4.23. The van der Waals surface area contributed by atoms with Gasteiger partial charge in [-0.15, -0.1) is 11.3 Å². The molecule has 2 aromatic rings. The first-order valence-corrected chi connectivity index (χ1v) is 12.8. The lowest BCUT2D eigenvalue weighted by atomic mass is 9.90. The number of hydrogen-bond acceptors (Lipinski definition) is 5. The second kappa shape index (κ2) is 8.24. The van der Waals surface area contributed by atoms with Gasteiger partial charge >= 0.3 is 0 Å². The van der Waals surface area contributed by atoms with Gasteiger partial charge in [-0.2, -0.15) is 9.40 Å². The summed E-state index contributed by atoms with van der Waals surface area (Å²) < 4.78 is 29.8. The van der Waals surface area contributed by atoms with Gasteiger partial charge in [0.1, 0.15) is 4.90 Å². The van der Waals surface area contributed by atoms with E-state index in [4.69, 9.17) is 4.98 Å². The Morgan fingerprint density at radius 3 is 2.46 bits per heavy atom. The number of aromatic nitrogens is 3. The summed E-state index contributed by atoms with van der Waals surface area (Å²) in [7, 11) is -3.47. The average molecular weight is 423 g/mol. The molecule has 0 amide bonds. The van der Waals surface area contributed by atoms with E-state index < -0.39 is 10.0 Å². The maximum Gasteiger partial charge on any atom is 0.246 e. The van der Waals surface area contributed by atoms with Crippen LogP contribution in [0.5, 0.6) is 0 Å². The number of nitrogens with zero attached hydrogens (tertiary/aromatic N) is 4. The predicted molar refractivity (Wildman–Crippen MR) is 111 cm³/mol. The van der Waals surface area contributed by atoms with Gasteiger partial charge in [-0.3, -0.25) is 4.68 Å². The molecule has 0 spiro atoms. The summed E-state index contributed by atoms with van der Waals surface area (Å²) in [6, 6.07) is 0. The van der Waals surface area contributed by atoms with Crippen LogP contribution in [0.2, 0.25) is 0 Å². The Labute approximate surface area is 172 Å². The Hall–Kier alpha value is -1.25. The van der Waals surface area contributed by atoms with Crippen LogP contribution < -0.4 is 0 Å². The summed E-state index contributed by atoms with van der Waals surface area (Å²) in [6.07, 6.45) is 9.41. The fourth-order valence-corrected chi connectivity index (χ4v) is 7.40. The van der Waals surface area contributed by atoms with E-state index in [0.29, 0.717) is 36.1 Å². The molecule has 28 heavy (non-hydrogen) atoms. The van der Waals surface area contributed by atoms with Crippen LogP contribution in [0.4, 0.5) is 0 Å². The summed E-state index contributed by atoms with van der Waals surface area (Å²) in [6.45, 7) is 5.43. The quantitative estimate of drug-likeness (QED) is 0.723. The SMILES string of the molecule is Cc1nn(Cc2csc(C3CCCCC3)n2)c(C)c1S(=O)(=O)N1CCCCC1. The van der Waals surface area contributed by atoms with Crippen LogP contribution in [0.1, 0.15) is 79.4 Å². The first-order valence-electron chi connectivity index (χ1n) is 10.5. The topological polar surface area (TPSA) is 68.1 Å². The summed E-state index contributed by atoms with van der Waals surface area (Å²) >= 11 is 1.74. The minimum absolute atomic E-state index is 0.386. The number of hydrogen-bond donors (Lipinski definition) is 0. The minimum atomic E-state index is -3.47. The van der Waals surface area contributed by atoms with E-state index in [1.165, 1.54) is 37.1 Å². The van der Waals surface area contributed by atoms with Crippen molar-refractivity contribution in [3.8, 4) is 0 Å². The third-order valence-corrected chi connectivity index (χ3v) is 9.27. The fraction of sp³-hybridized carbons (Fsp3) is 0.700. The van der Waals surface area contributed by atoms with Crippen molar-refractivity contribution in [1.82, 2.24) is 19.1 Å². The highest BCUT2D eigenvalue weighted by Gasteiger charge is 2.32. The van der Waals surface area contributed by atoms with Gasteiger partial charge in [-0.05, 0) is 39.5 Å². The van der Waals surface area contributed by atoms with E-state index in [1.807, 2.05) is 11.6 Å².